The van der Waals surface area contributed by atoms with Gasteiger partial charge < -0.3 is 0 Å². The maximum absolute atomic E-state index is 11.6. The number of hydrogen-bond acceptors (Lipinski definition) is 8. The van der Waals surface area contributed by atoms with Crippen LogP contribution in [0.5, 0.6) is 0 Å². The van der Waals surface area contributed by atoms with Gasteiger partial charge in [-0.1, -0.05) is 0 Å². The van der Waals surface area contributed by atoms with Gasteiger partial charge >= 0.3 is 0 Å². The molecule has 5 rings (SSSR count). The van der Waals surface area contributed by atoms with Gasteiger partial charge in [-0.15, -0.1) is 0 Å². The molecule has 0 aromatic heterocycles. The summed E-state index contributed by atoms with van der Waals surface area (Å²) >= 11 is 0. The van der Waals surface area contributed by atoms with E-state index < -0.39 is 42.4 Å². The number of benzene rings is 5. The van der Waals surface area contributed by atoms with Crippen LogP contribution < -0.4 is 0 Å². The molecule has 0 amide bonds. The zero-order chi connectivity index (χ0) is 22.9. The van der Waals surface area contributed by atoms with E-state index in [1.54, 1.807) is 0 Å². The van der Waals surface area contributed by atoms with E-state index in [0.717, 1.165) is 24.3 Å². The third kappa shape index (κ3) is 2.31. The molecule has 0 saturated carbocycles. The Morgan fingerprint density at radius 3 is 0.781 bits per heavy atom. The molecule has 0 unspecified atom stereocenters. The minimum Gasteiger partial charge on any atom is -0.258 e. The molecule has 156 valence electrons. The Bertz CT molecular complexity index is 1450. The quantitative estimate of drug-likeness (QED) is 0.158. The number of hydrogen-bond donors (Lipinski definition) is 0. The van der Waals surface area contributed by atoms with Gasteiger partial charge in [0.2, 0.25) is 0 Å². The fraction of sp³-hybridized carbons (Fsp3) is 0. The Kier molecular flexibility index (Phi) is 3.71. The van der Waals surface area contributed by atoms with Crippen molar-refractivity contribution in [3.63, 3.8) is 0 Å². The van der Waals surface area contributed by atoms with Gasteiger partial charge in [-0.2, -0.15) is 0 Å². The van der Waals surface area contributed by atoms with Gasteiger partial charge in [0.25, 0.3) is 22.7 Å². The third-order valence-electron chi connectivity index (χ3n) is 5.60. The van der Waals surface area contributed by atoms with E-state index in [4.69, 9.17) is 0 Å². The standard InChI is InChI=1S/C20H8N4O8/c25-21(26)13-5-1-9-10-2-6-15(23(29)30)20-16(24(31)32)8-4-12(18(10)20)11-3-7-14(22(27)28)19(13)17(9)11/h1-8H. The second-order valence-electron chi connectivity index (χ2n) is 7.06. The Hall–Kier alpha value is -5.00. The van der Waals surface area contributed by atoms with Crippen LogP contribution in [0.15, 0.2) is 48.5 Å². The summed E-state index contributed by atoms with van der Waals surface area (Å²) in [7, 11) is 0. The minimum atomic E-state index is -0.716. The molecule has 0 fully saturated rings. The van der Waals surface area contributed by atoms with Gasteiger partial charge in [-0.3, -0.25) is 40.5 Å². The maximum atomic E-state index is 11.6. The number of nitrogens with zero attached hydrogens (tertiary/aromatic N) is 4. The predicted molar refractivity (Wildman–Crippen MR) is 114 cm³/mol. The third-order valence-corrected chi connectivity index (χ3v) is 5.60. The molecule has 32 heavy (non-hydrogen) atoms. The van der Waals surface area contributed by atoms with Crippen molar-refractivity contribution in [2.75, 3.05) is 0 Å². The highest BCUT2D eigenvalue weighted by Gasteiger charge is 2.30. The topological polar surface area (TPSA) is 173 Å². The van der Waals surface area contributed by atoms with Crippen LogP contribution in [0.3, 0.4) is 0 Å². The van der Waals surface area contributed by atoms with E-state index in [1.807, 2.05) is 0 Å². The van der Waals surface area contributed by atoms with E-state index in [2.05, 4.69) is 0 Å². The highest BCUT2D eigenvalue weighted by atomic mass is 16.6. The Labute approximate surface area is 175 Å². The maximum Gasteiger partial charge on any atom is 0.284 e. The van der Waals surface area contributed by atoms with Crippen LogP contribution in [-0.4, -0.2) is 19.7 Å². The van der Waals surface area contributed by atoms with Gasteiger partial charge in [0.1, 0.15) is 10.8 Å². The predicted octanol–water partition coefficient (Wildman–Crippen LogP) is 5.37. The Morgan fingerprint density at radius 1 is 0.375 bits per heavy atom. The number of nitro benzene ring substituents is 4. The molecule has 0 atom stereocenters. The fourth-order valence-corrected chi connectivity index (χ4v) is 4.43. The van der Waals surface area contributed by atoms with Crippen molar-refractivity contribution in [3.05, 3.63) is 89.0 Å². The molecule has 0 saturated heterocycles. The second-order valence-corrected chi connectivity index (χ2v) is 7.06. The zero-order valence-electron chi connectivity index (χ0n) is 15.7. The largest absolute Gasteiger partial charge is 0.284 e. The first-order chi connectivity index (χ1) is 15.2. The van der Waals surface area contributed by atoms with Crippen LogP contribution >= 0.6 is 0 Å². The van der Waals surface area contributed by atoms with Gasteiger partial charge in [0.15, 0.2) is 0 Å². The average molecular weight is 432 g/mol. The highest BCUT2D eigenvalue weighted by molar-refractivity contribution is 6.36. The lowest BCUT2D eigenvalue weighted by Crippen LogP contribution is -1.99. The van der Waals surface area contributed by atoms with Crippen LogP contribution in [0, 0.1) is 40.5 Å². The molecule has 0 aliphatic heterocycles. The van der Waals surface area contributed by atoms with Crippen molar-refractivity contribution in [2.24, 2.45) is 0 Å². The van der Waals surface area contributed by atoms with Crippen molar-refractivity contribution in [2.45, 2.75) is 0 Å². The molecule has 0 bridgehead atoms. The molecule has 12 nitrogen and oxygen atoms in total. The first kappa shape index (κ1) is 19.0. The van der Waals surface area contributed by atoms with Crippen molar-refractivity contribution < 1.29 is 19.7 Å². The normalized spacial score (nSPS) is 11.5. The molecule has 5 aromatic carbocycles. The molecule has 0 heterocycles. The average Bonchev–Trinajstić information content (AvgIpc) is 2.75. The molecule has 0 radical (unpaired) electrons. The SMILES string of the molecule is O=[N+]([O-])c1ccc2c3ccc([N+](=O)[O-])c4c([N+](=O)[O-])ccc(c5ccc([N+](=O)[O-])c1c25)c43. The Balaban J connectivity index is 2.17. The lowest BCUT2D eigenvalue weighted by molar-refractivity contribution is -0.390. The lowest BCUT2D eigenvalue weighted by Gasteiger charge is -2.14. The number of fused-ring (bicyclic) bond motifs is 2. The van der Waals surface area contributed by atoms with Crippen LogP contribution in [0.2, 0.25) is 0 Å². The van der Waals surface area contributed by atoms with Crippen molar-refractivity contribution in [3.8, 4) is 0 Å². The molecule has 12 heteroatoms. The minimum absolute atomic E-state index is 0.175. The van der Waals surface area contributed by atoms with Gasteiger partial charge in [-0.25, -0.2) is 0 Å². The molecule has 0 aliphatic rings. The van der Waals surface area contributed by atoms with Gasteiger partial charge in [0, 0.05) is 35.0 Å². The van der Waals surface area contributed by atoms with Gasteiger partial charge in [0.05, 0.1) is 19.7 Å². The summed E-state index contributed by atoms with van der Waals surface area (Å²) in [4.78, 5) is 43.6. The first-order valence-corrected chi connectivity index (χ1v) is 9.00. The summed E-state index contributed by atoms with van der Waals surface area (Å²) in [6.45, 7) is 0. The van der Waals surface area contributed by atoms with E-state index in [1.165, 1.54) is 24.3 Å². The summed E-state index contributed by atoms with van der Waals surface area (Å²) in [5, 5.41) is 48.1. The van der Waals surface area contributed by atoms with E-state index in [0.29, 0.717) is 21.5 Å². The molecule has 0 N–H and O–H groups in total. The summed E-state index contributed by atoms with van der Waals surface area (Å²) in [5.74, 6) is 0. The van der Waals surface area contributed by atoms with Gasteiger partial charge in [-0.05, 0) is 45.8 Å². The highest BCUT2D eigenvalue weighted by Crippen LogP contribution is 2.48. The number of rotatable bonds is 4. The van der Waals surface area contributed by atoms with E-state index >= 15 is 0 Å². The fourth-order valence-electron chi connectivity index (χ4n) is 4.43. The van der Waals surface area contributed by atoms with Crippen molar-refractivity contribution in [1.29, 1.82) is 0 Å². The summed E-state index contributed by atoms with van der Waals surface area (Å²) in [6, 6.07) is 10.1. The van der Waals surface area contributed by atoms with Crippen LogP contribution in [0.4, 0.5) is 22.7 Å². The van der Waals surface area contributed by atoms with Crippen LogP contribution in [-0.2, 0) is 0 Å². The smallest absolute Gasteiger partial charge is 0.258 e. The Morgan fingerprint density at radius 2 is 0.594 bits per heavy atom. The summed E-state index contributed by atoms with van der Waals surface area (Å²) in [6.07, 6.45) is 0. The van der Waals surface area contributed by atoms with Crippen LogP contribution in [0.25, 0.3) is 43.1 Å². The molecular formula is C20H8N4O8. The van der Waals surface area contributed by atoms with E-state index in [9.17, 15) is 40.5 Å². The molecular weight excluding hydrogens is 424 g/mol. The number of non-ortho nitro benzene ring substituents is 4. The van der Waals surface area contributed by atoms with Crippen molar-refractivity contribution in [1.82, 2.24) is 0 Å². The lowest BCUT2D eigenvalue weighted by atomic mass is 9.88. The van der Waals surface area contributed by atoms with Crippen LogP contribution in [0.1, 0.15) is 0 Å². The first-order valence-electron chi connectivity index (χ1n) is 9.00. The number of nitro groups is 4. The van der Waals surface area contributed by atoms with E-state index in [-0.39, 0.29) is 21.5 Å². The summed E-state index contributed by atoms with van der Waals surface area (Å²) < 4.78 is 0. The molecule has 5 aromatic rings. The summed E-state index contributed by atoms with van der Waals surface area (Å²) in [5.41, 5.74) is -1.83. The monoisotopic (exact) mass is 432 g/mol. The molecule has 0 spiro atoms. The van der Waals surface area contributed by atoms with Crippen molar-refractivity contribution >= 4 is 65.8 Å². The zero-order valence-corrected chi connectivity index (χ0v) is 15.7. The molecule has 0 aliphatic carbocycles. The second kappa shape index (κ2) is 6.25.